The number of ether oxygens (including phenoxy) is 3. The van der Waals surface area contributed by atoms with E-state index in [1.165, 1.54) is 11.0 Å². The Bertz CT molecular complexity index is 2620. The van der Waals surface area contributed by atoms with Crippen LogP contribution in [-0.4, -0.2) is 61.5 Å². The third kappa shape index (κ3) is 6.05. The second kappa shape index (κ2) is 13.0. The predicted molar refractivity (Wildman–Crippen MR) is 219 cm³/mol. The molecular weight excluding hydrogens is 765 g/mol. The van der Waals surface area contributed by atoms with Crippen molar-refractivity contribution in [2.24, 2.45) is 4.99 Å². The van der Waals surface area contributed by atoms with Gasteiger partial charge in [0, 0.05) is 58.9 Å². The standard InChI is InChI=1S/C42H40N6O7S2/c1-21-10-31(49)36-33(52-21)14-32-27(37(36)50)16-42-8-6-25(15-40(42,2)53-32)57-56-20-28-26(13-24(46-38(28)44)18-48-17-23-7-9-45-30(23)19-48)29-11-22(12-35(43)47-29)4-5-34-41(3,54-34)39(51)55-42/h6-14,17,25,34,50H,4-5,15-16,18-20H2,1-3H3,(H2,43,47)(H2,44,46)/p+1/t25-,34-,40-,41+,42+/m0/s1. The fourth-order valence-electron chi connectivity index (χ4n) is 8.91. The first kappa shape index (κ1) is 36.3. The minimum Gasteiger partial charge on any atom is -0.507 e. The van der Waals surface area contributed by atoms with E-state index in [2.05, 4.69) is 17.3 Å². The Morgan fingerprint density at radius 2 is 1.93 bits per heavy atom. The number of nitrogen functional groups attached to an aromatic ring is 2. The monoisotopic (exact) mass is 805 g/mol. The maximum atomic E-state index is 14.2. The Hall–Kier alpha value is -5.09. The average molecular weight is 806 g/mol. The topological polar surface area (TPSA) is 193 Å². The van der Waals surface area contributed by atoms with E-state index in [0.717, 1.165) is 40.2 Å². The highest BCUT2D eigenvalue weighted by molar-refractivity contribution is 8.76. The molecule has 6 N–H and O–H groups in total. The van der Waals surface area contributed by atoms with Crippen LogP contribution in [0.5, 0.6) is 11.5 Å². The van der Waals surface area contributed by atoms with Crippen LogP contribution in [-0.2, 0) is 39.4 Å². The molecule has 15 heteroatoms. The Labute approximate surface area is 335 Å². The highest BCUT2D eigenvalue weighted by atomic mass is 33.1. The lowest BCUT2D eigenvalue weighted by atomic mass is 9.70. The van der Waals surface area contributed by atoms with Crippen LogP contribution < -0.4 is 26.5 Å². The molecule has 7 aliphatic rings. The first-order valence-electron chi connectivity index (χ1n) is 19.0. The molecule has 11 rings (SSSR count). The quantitative estimate of drug-likeness (QED) is 0.0947. The van der Waals surface area contributed by atoms with Crippen LogP contribution in [0.15, 0.2) is 80.7 Å². The summed E-state index contributed by atoms with van der Waals surface area (Å²) in [5.74, 6) is 1.39. The first-order chi connectivity index (χ1) is 27.3. The van der Waals surface area contributed by atoms with Gasteiger partial charge in [0.05, 0.1) is 23.1 Å². The summed E-state index contributed by atoms with van der Waals surface area (Å²) in [4.78, 5) is 42.7. The minimum absolute atomic E-state index is 0.0574. The van der Waals surface area contributed by atoms with Crippen LogP contribution in [0.3, 0.4) is 0 Å². The number of fused-ring (bicyclic) bond motifs is 7. The molecular formula is C42H41N6O7S2+. The van der Waals surface area contributed by atoms with Crippen molar-refractivity contribution in [3.8, 4) is 22.8 Å². The van der Waals surface area contributed by atoms with Gasteiger partial charge in [-0.15, -0.1) is 0 Å². The summed E-state index contributed by atoms with van der Waals surface area (Å²) in [5, 5.41) is 11.5. The van der Waals surface area contributed by atoms with Gasteiger partial charge >= 0.3 is 5.97 Å². The van der Waals surface area contributed by atoms with Gasteiger partial charge in [0.25, 0.3) is 0 Å². The molecule has 1 saturated heterocycles. The molecule has 6 atom stereocenters. The number of phenolic OH excluding ortho intramolecular Hbond substituents is 1. The number of anilines is 2. The molecule has 13 nitrogen and oxygen atoms in total. The van der Waals surface area contributed by atoms with Crippen LogP contribution in [0.1, 0.15) is 54.8 Å². The molecule has 1 fully saturated rings. The largest absolute Gasteiger partial charge is 0.507 e. The van der Waals surface area contributed by atoms with Gasteiger partial charge in [-0.05, 0) is 69.5 Å². The summed E-state index contributed by atoms with van der Waals surface area (Å²) in [6.45, 7) is 6.77. The van der Waals surface area contributed by atoms with E-state index in [9.17, 15) is 14.7 Å². The predicted octanol–water partition coefficient (Wildman–Crippen LogP) is 4.67. The van der Waals surface area contributed by atoms with Crippen LogP contribution in [0.25, 0.3) is 22.2 Å². The van der Waals surface area contributed by atoms with Crippen molar-refractivity contribution in [2.75, 3.05) is 18.0 Å². The molecule has 0 saturated carbocycles. The molecule has 4 aromatic rings. The molecule has 1 unspecified atom stereocenters. The second-order valence-electron chi connectivity index (χ2n) is 16.1. The van der Waals surface area contributed by atoms with E-state index in [1.54, 1.807) is 41.5 Å². The number of esters is 1. The fraction of sp³-hybridized carbons (Fsp3) is 0.357. The van der Waals surface area contributed by atoms with Crippen molar-refractivity contribution in [3.05, 3.63) is 105 Å². The number of quaternary nitrogens is 1. The number of aryl methyl sites for hydroxylation is 2. The SMILES string of the molecule is Cc1cc(=O)c2c(O)c3c(cc2o1)O[C@@]1(C)C[C@@H]2C=C[C@]1(C3)OC(=O)[C@]1(C)O[C@H]1CCc1cc(N)nc(c1)-c1cc(C[NH+]3C=C4C=CN=C4C3)nc(N)c1CSS2. The van der Waals surface area contributed by atoms with Gasteiger partial charge in [0.2, 0.25) is 0 Å². The smallest absolute Gasteiger partial charge is 0.341 e. The molecule has 57 heavy (non-hydrogen) atoms. The third-order valence-corrected chi connectivity index (χ3v) is 14.7. The lowest BCUT2D eigenvalue weighted by Gasteiger charge is -2.52. The number of phenols is 1. The zero-order chi connectivity index (χ0) is 39.4. The van der Waals surface area contributed by atoms with Crippen LogP contribution in [0, 0.1) is 6.92 Å². The number of hydrogen-bond acceptors (Lipinski definition) is 14. The number of hydrogen-bond donors (Lipinski definition) is 4. The van der Waals surface area contributed by atoms with Gasteiger partial charge in [0.15, 0.2) is 22.2 Å². The van der Waals surface area contributed by atoms with Crippen molar-refractivity contribution >= 4 is 55.9 Å². The van der Waals surface area contributed by atoms with Gasteiger partial charge in [-0.25, -0.2) is 14.8 Å². The Kier molecular flexibility index (Phi) is 8.25. The zero-order valence-electron chi connectivity index (χ0n) is 31.6. The first-order valence-corrected chi connectivity index (χ1v) is 21.4. The molecule has 9 heterocycles. The second-order valence-corrected chi connectivity index (χ2v) is 18.7. The number of rotatable bonds is 2. The number of nitrogens with one attached hydrogen (secondary N) is 1. The molecule has 4 bridgehead atoms. The van der Waals surface area contributed by atoms with E-state index in [1.807, 2.05) is 43.5 Å². The number of aliphatic imine (C=N–C) groups is 1. The van der Waals surface area contributed by atoms with Gasteiger partial charge in [-0.1, -0.05) is 27.7 Å². The Morgan fingerprint density at radius 1 is 1.07 bits per heavy atom. The summed E-state index contributed by atoms with van der Waals surface area (Å²) < 4.78 is 25.3. The number of pyridine rings is 2. The Morgan fingerprint density at radius 3 is 2.77 bits per heavy atom. The fourth-order valence-corrected chi connectivity index (χ4v) is 11.6. The van der Waals surface area contributed by atoms with E-state index >= 15 is 0 Å². The molecule has 292 valence electrons. The van der Waals surface area contributed by atoms with Crippen LogP contribution in [0.2, 0.25) is 0 Å². The minimum atomic E-state index is -1.32. The number of nitrogens with two attached hydrogens (primary N) is 2. The highest BCUT2D eigenvalue weighted by Gasteiger charge is 2.64. The molecule has 3 aromatic heterocycles. The van der Waals surface area contributed by atoms with Crippen molar-refractivity contribution in [1.82, 2.24) is 9.97 Å². The lowest BCUT2D eigenvalue weighted by Crippen LogP contribution is -3.05. The summed E-state index contributed by atoms with van der Waals surface area (Å²) in [6, 6.07) is 8.97. The molecule has 1 aromatic carbocycles. The van der Waals surface area contributed by atoms with Crippen molar-refractivity contribution in [1.29, 1.82) is 0 Å². The van der Waals surface area contributed by atoms with E-state index < -0.39 is 28.9 Å². The number of benzene rings is 1. The van der Waals surface area contributed by atoms with Crippen molar-refractivity contribution in [2.45, 2.75) is 86.9 Å². The van der Waals surface area contributed by atoms with Gasteiger partial charge in [-0.2, -0.15) is 0 Å². The maximum absolute atomic E-state index is 14.2. The van der Waals surface area contributed by atoms with Crippen LogP contribution in [0.4, 0.5) is 11.6 Å². The zero-order valence-corrected chi connectivity index (χ0v) is 33.2. The third-order valence-electron chi connectivity index (χ3n) is 12.1. The molecule has 0 radical (unpaired) electrons. The summed E-state index contributed by atoms with van der Waals surface area (Å²) in [7, 11) is 3.30. The average Bonchev–Trinajstić information content (AvgIpc) is 3.40. The number of epoxide rings is 1. The number of nitrogens with zero attached hydrogens (tertiary/aromatic N) is 3. The summed E-state index contributed by atoms with van der Waals surface area (Å²) in [6.07, 6.45) is 11.2. The normalized spacial score (nSPS) is 29.8. The molecule has 6 aliphatic heterocycles. The van der Waals surface area contributed by atoms with Crippen molar-refractivity contribution < 1.29 is 33.4 Å². The number of aromatic nitrogens is 2. The van der Waals surface area contributed by atoms with E-state index in [-0.39, 0.29) is 33.8 Å². The summed E-state index contributed by atoms with van der Waals surface area (Å²) in [5.41, 5.74) is 16.4. The van der Waals surface area contributed by atoms with Crippen molar-refractivity contribution in [3.63, 3.8) is 0 Å². The van der Waals surface area contributed by atoms with Gasteiger partial charge in [-0.3, -0.25) is 14.7 Å². The summed E-state index contributed by atoms with van der Waals surface area (Å²) >= 11 is 0. The van der Waals surface area contributed by atoms with Crippen LogP contribution >= 0.6 is 21.6 Å². The number of carbonyl (C=O) groups is 1. The van der Waals surface area contributed by atoms with E-state index in [4.69, 9.17) is 40.1 Å². The molecule has 1 aliphatic carbocycles. The van der Waals surface area contributed by atoms with Gasteiger partial charge < -0.3 is 35.2 Å². The maximum Gasteiger partial charge on any atom is 0.341 e. The molecule has 1 spiro atoms. The number of carbonyl (C=O) groups excluding carboxylic acids is 1. The number of aromatic hydroxyl groups is 1. The number of allylic oxidation sites excluding steroid dienone is 1. The lowest BCUT2D eigenvalue weighted by molar-refractivity contribution is -0.848. The van der Waals surface area contributed by atoms with Gasteiger partial charge in [0.1, 0.15) is 64.9 Å². The molecule has 0 amide bonds. The van der Waals surface area contributed by atoms with E-state index in [0.29, 0.717) is 66.0 Å². The highest BCUT2D eigenvalue weighted by Crippen LogP contribution is 2.54. The Balaban J connectivity index is 1.02.